The van der Waals surface area contributed by atoms with Crippen molar-refractivity contribution in [2.45, 2.75) is 53.6 Å². The van der Waals surface area contributed by atoms with E-state index in [4.69, 9.17) is 0 Å². The first-order valence-corrected chi connectivity index (χ1v) is 16.1. The van der Waals surface area contributed by atoms with Gasteiger partial charge in [0, 0.05) is 0 Å². The first-order valence-electron chi connectivity index (χ1n) is 10.2. The third-order valence-electron chi connectivity index (χ3n) is 4.51. The molecule has 0 spiro atoms. The maximum absolute atomic E-state index is 10.3. The Morgan fingerprint density at radius 1 is 0.759 bits per heavy atom. The molecule has 0 saturated carbocycles. The molecule has 0 unspecified atom stereocenters. The molecule has 4 nitrogen and oxygen atoms in total. The second-order valence-electron chi connectivity index (χ2n) is 8.13. The molecule has 0 atom stereocenters. The Bertz CT molecular complexity index is 633. The molecule has 2 aliphatic rings. The SMILES string of the molecule is CC(C)C1=[C]([Gd][C]2=C(C(C)C)C=CC2)CC=C1.CN(C)[Si](C)=O.CN(C)[Si](C)=O. The summed E-state index contributed by atoms with van der Waals surface area (Å²) in [5, 5.41) is 0. The normalized spacial score (nSPS) is 14.9. The van der Waals surface area contributed by atoms with Gasteiger partial charge >= 0.3 is 144 Å². The van der Waals surface area contributed by atoms with Crippen molar-refractivity contribution in [2.75, 3.05) is 28.2 Å². The molecule has 0 aromatic heterocycles. The van der Waals surface area contributed by atoms with Crippen LogP contribution in [0, 0.1) is 47.7 Å². The van der Waals surface area contributed by atoms with Crippen LogP contribution in [0.25, 0.3) is 0 Å². The molecular formula is C22H40GdN2O2Si2. The molecule has 0 bridgehead atoms. The summed E-state index contributed by atoms with van der Waals surface area (Å²) in [6, 6.07) is 0. The van der Waals surface area contributed by atoms with Gasteiger partial charge in [-0.15, -0.1) is 0 Å². The van der Waals surface area contributed by atoms with Gasteiger partial charge in [-0.25, -0.2) is 0 Å². The minimum absolute atomic E-state index is 0.182. The zero-order chi connectivity index (χ0) is 22.7. The van der Waals surface area contributed by atoms with Crippen molar-refractivity contribution in [3.8, 4) is 0 Å². The summed E-state index contributed by atoms with van der Waals surface area (Å²) in [5.41, 5.74) is 3.28. The van der Waals surface area contributed by atoms with Crippen molar-refractivity contribution in [1.29, 1.82) is 0 Å². The Hall–Kier alpha value is -0.0816. The van der Waals surface area contributed by atoms with Gasteiger partial charge in [0.1, 0.15) is 0 Å². The fourth-order valence-electron chi connectivity index (χ4n) is 2.29. The first kappa shape index (κ1) is 28.9. The van der Waals surface area contributed by atoms with E-state index in [1.165, 1.54) is 12.8 Å². The molecule has 0 saturated heterocycles. The average molecular weight is 578 g/mol. The van der Waals surface area contributed by atoms with Crippen LogP contribution in [-0.4, -0.2) is 55.0 Å². The van der Waals surface area contributed by atoms with E-state index >= 15 is 0 Å². The van der Waals surface area contributed by atoms with Gasteiger partial charge in [0.15, 0.2) is 0 Å². The molecule has 166 valence electrons. The van der Waals surface area contributed by atoms with E-state index in [2.05, 4.69) is 52.0 Å². The molecule has 0 amide bonds. The van der Waals surface area contributed by atoms with Gasteiger partial charge in [-0.1, -0.05) is 0 Å². The molecule has 0 fully saturated rings. The fourth-order valence-corrected chi connectivity index (χ4v) is 6.45. The Kier molecular flexibility index (Phi) is 14.8. The average Bonchev–Trinajstić information content (AvgIpc) is 3.25. The summed E-state index contributed by atoms with van der Waals surface area (Å²) in [6.45, 7) is 12.7. The summed E-state index contributed by atoms with van der Waals surface area (Å²) in [6.07, 6.45) is 11.9. The number of rotatable bonds is 6. The molecular weight excluding hydrogens is 538 g/mol. The maximum Gasteiger partial charge on any atom is 0.390 e. The predicted octanol–water partition coefficient (Wildman–Crippen LogP) is 5.00. The number of nitrogens with zero attached hydrogens (tertiary/aromatic N) is 2. The maximum atomic E-state index is 10.3. The second kappa shape index (κ2) is 14.8. The van der Waals surface area contributed by atoms with Crippen LogP contribution in [0.15, 0.2) is 38.2 Å². The molecule has 29 heavy (non-hydrogen) atoms. The zero-order valence-corrected chi connectivity index (χ0v) is 24.2. The number of hydrogen-bond donors (Lipinski definition) is 0. The summed E-state index contributed by atoms with van der Waals surface area (Å²) < 4.78 is 27.5. The largest absolute Gasteiger partial charge is 0.390 e. The van der Waals surface area contributed by atoms with E-state index in [1.807, 2.05) is 0 Å². The summed E-state index contributed by atoms with van der Waals surface area (Å²) in [7, 11) is 4.49. The summed E-state index contributed by atoms with van der Waals surface area (Å²) >= 11 is -0.182. The molecule has 2 rings (SSSR count). The smallest absolute Gasteiger partial charge is 0.383 e. The quantitative estimate of drug-likeness (QED) is 0.417. The van der Waals surface area contributed by atoms with Crippen molar-refractivity contribution in [2.24, 2.45) is 11.8 Å². The van der Waals surface area contributed by atoms with Crippen LogP contribution in [0.1, 0.15) is 40.5 Å². The van der Waals surface area contributed by atoms with Crippen molar-refractivity contribution < 1.29 is 44.8 Å². The van der Waals surface area contributed by atoms with Crippen LogP contribution in [0.5, 0.6) is 0 Å². The Labute approximate surface area is 201 Å². The molecule has 7 heteroatoms. The van der Waals surface area contributed by atoms with Crippen LogP contribution in [0.3, 0.4) is 0 Å². The van der Waals surface area contributed by atoms with Gasteiger partial charge in [-0.05, 0) is 41.3 Å². The van der Waals surface area contributed by atoms with Crippen LogP contribution >= 0.6 is 0 Å². The fraction of sp³-hybridized carbons (Fsp3) is 0.636. The van der Waals surface area contributed by atoms with E-state index in [-0.39, 0.29) is 35.9 Å². The van der Waals surface area contributed by atoms with Crippen LogP contribution in [0.2, 0.25) is 13.1 Å². The monoisotopic (exact) mass is 578 g/mol. The van der Waals surface area contributed by atoms with Gasteiger partial charge < -0.3 is 18.1 Å². The molecule has 0 aliphatic heterocycles. The molecule has 0 heterocycles. The van der Waals surface area contributed by atoms with Crippen LogP contribution in [-0.2, 0) is 8.92 Å². The first-order chi connectivity index (χ1) is 13.4. The topological polar surface area (TPSA) is 40.6 Å². The number of hydrogen-bond acceptors (Lipinski definition) is 2. The molecule has 2 aliphatic carbocycles. The minimum atomic E-state index is -1.37. The predicted molar refractivity (Wildman–Crippen MR) is 123 cm³/mol. The second-order valence-corrected chi connectivity index (χ2v) is 15.3. The van der Waals surface area contributed by atoms with E-state index in [0.29, 0.717) is 11.8 Å². The van der Waals surface area contributed by atoms with E-state index in [1.54, 1.807) is 64.3 Å². The van der Waals surface area contributed by atoms with E-state index in [9.17, 15) is 8.92 Å². The number of allylic oxidation sites excluding steroid dienone is 8. The van der Waals surface area contributed by atoms with E-state index in [0.717, 1.165) is 0 Å². The third kappa shape index (κ3) is 11.8. The summed E-state index contributed by atoms with van der Waals surface area (Å²) in [5.74, 6) is 1.41. The van der Waals surface area contributed by atoms with Gasteiger partial charge in [-0.2, -0.15) is 0 Å². The van der Waals surface area contributed by atoms with E-state index < -0.39 is 17.7 Å². The zero-order valence-electron chi connectivity index (χ0n) is 19.9. The van der Waals surface area contributed by atoms with Gasteiger partial charge in [0.25, 0.3) is 0 Å². The minimum Gasteiger partial charge on any atom is -0.383 e. The van der Waals surface area contributed by atoms with Crippen molar-refractivity contribution in [3.05, 3.63) is 38.2 Å². The van der Waals surface area contributed by atoms with Gasteiger partial charge in [0.2, 0.25) is 0 Å². The molecule has 0 radical (unpaired) electrons. The van der Waals surface area contributed by atoms with Crippen molar-refractivity contribution in [3.63, 3.8) is 0 Å². The Morgan fingerprint density at radius 3 is 1.24 bits per heavy atom. The Balaban J connectivity index is 0.000000542. The van der Waals surface area contributed by atoms with Crippen molar-refractivity contribution in [1.82, 2.24) is 9.13 Å². The van der Waals surface area contributed by atoms with Gasteiger partial charge in [-0.3, -0.25) is 0 Å². The molecule has 0 aromatic rings. The van der Waals surface area contributed by atoms with Crippen LogP contribution in [0.4, 0.5) is 0 Å². The standard InChI is InChI=1S/2C8H11.2C3H9NOSi.Gd/c2*1-7(2)8-5-3-4-6-8;2*1-4(2)6(3)5;/h2*3,5,7H,4H2,1-2H3;2*1-3H3;. The summed E-state index contributed by atoms with van der Waals surface area (Å²) in [4.78, 5) is 0. The Morgan fingerprint density at radius 2 is 1.03 bits per heavy atom. The molecule has 0 aromatic carbocycles. The van der Waals surface area contributed by atoms with Gasteiger partial charge in [0.05, 0.1) is 0 Å². The van der Waals surface area contributed by atoms with Crippen molar-refractivity contribution >= 4 is 17.7 Å². The van der Waals surface area contributed by atoms with Crippen LogP contribution < -0.4 is 0 Å². The molecule has 0 N–H and O–H groups in total. The third-order valence-corrected chi connectivity index (χ3v) is 10.6.